The molecule has 0 spiro atoms. The predicted molar refractivity (Wildman–Crippen MR) is 155 cm³/mol. The molecular weight excluding hydrogens is 551 g/mol. The second-order valence-corrected chi connectivity index (χ2v) is 10.7. The lowest BCUT2D eigenvalue weighted by Crippen LogP contribution is -2.53. The van der Waals surface area contributed by atoms with Crippen molar-refractivity contribution >= 4 is 40.7 Å². The summed E-state index contributed by atoms with van der Waals surface area (Å²) in [4.78, 5) is 28.0. The lowest BCUT2D eigenvalue weighted by atomic mass is 9.87. The molecule has 0 radical (unpaired) electrons. The van der Waals surface area contributed by atoms with Crippen LogP contribution in [0.1, 0.15) is 41.3 Å². The van der Waals surface area contributed by atoms with Gasteiger partial charge in [-0.3, -0.25) is 14.6 Å². The monoisotopic (exact) mass is 580 g/mol. The Balaban J connectivity index is 1.30. The molecule has 40 heavy (non-hydrogen) atoms. The van der Waals surface area contributed by atoms with E-state index in [4.69, 9.17) is 23.2 Å². The molecule has 10 heteroatoms. The molecule has 2 aliphatic heterocycles. The van der Waals surface area contributed by atoms with Gasteiger partial charge in [0, 0.05) is 19.3 Å². The van der Waals surface area contributed by atoms with Crippen molar-refractivity contribution in [1.82, 2.24) is 15.6 Å². The van der Waals surface area contributed by atoms with Gasteiger partial charge in [-0.05, 0) is 59.9 Å². The molecule has 0 aromatic heterocycles. The van der Waals surface area contributed by atoms with E-state index in [1.165, 1.54) is 4.90 Å². The van der Waals surface area contributed by atoms with Crippen molar-refractivity contribution in [2.24, 2.45) is 0 Å². The van der Waals surface area contributed by atoms with E-state index in [2.05, 4.69) is 10.7 Å². The number of aliphatic hydroxyl groups excluding tert-OH is 2. The Morgan fingerprint density at radius 1 is 1.00 bits per heavy atom. The first-order valence-corrected chi connectivity index (χ1v) is 13.8. The van der Waals surface area contributed by atoms with Crippen LogP contribution < -0.4 is 15.8 Å². The minimum Gasteiger partial charge on any atom is -0.380 e. The SMILES string of the molecule is C[C@@H](NC(=O)[C@H](O)[C@@H](O)C(=O)N1CCc2cc(Cl)c(Cl)cc2C1c1ccccc1)c1ccc(N2C=CCN2)cc1. The maximum absolute atomic E-state index is 13.6. The number of rotatable bonds is 7. The zero-order chi connectivity index (χ0) is 28.4. The Hall–Kier alpha value is -3.40. The van der Waals surface area contributed by atoms with E-state index in [0.717, 1.165) is 34.5 Å². The van der Waals surface area contributed by atoms with Crippen molar-refractivity contribution in [1.29, 1.82) is 0 Å². The minimum atomic E-state index is -1.96. The number of hydrazine groups is 1. The van der Waals surface area contributed by atoms with Gasteiger partial charge in [0.05, 0.1) is 27.8 Å². The van der Waals surface area contributed by atoms with Crippen LogP contribution in [-0.2, 0) is 16.0 Å². The molecule has 4 atom stereocenters. The van der Waals surface area contributed by atoms with Crippen molar-refractivity contribution < 1.29 is 19.8 Å². The molecule has 2 aliphatic rings. The molecule has 0 saturated carbocycles. The van der Waals surface area contributed by atoms with E-state index < -0.39 is 36.1 Å². The Kier molecular flexibility index (Phi) is 8.44. The number of carbonyl (C=O) groups is 2. The van der Waals surface area contributed by atoms with Gasteiger partial charge in [0.15, 0.2) is 12.2 Å². The predicted octanol–water partition coefficient (Wildman–Crippen LogP) is 3.91. The summed E-state index contributed by atoms with van der Waals surface area (Å²) in [5, 5.41) is 27.0. The van der Waals surface area contributed by atoms with Crippen LogP contribution in [0, 0.1) is 0 Å². The summed E-state index contributed by atoms with van der Waals surface area (Å²) in [7, 11) is 0. The van der Waals surface area contributed by atoms with E-state index in [1.807, 2.05) is 71.9 Å². The minimum absolute atomic E-state index is 0.262. The number of nitrogens with one attached hydrogen (secondary N) is 2. The van der Waals surface area contributed by atoms with Crippen molar-refractivity contribution in [3.63, 3.8) is 0 Å². The van der Waals surface area contributed by atoms with Crippen molar-refractivity contribution in [3.05, 3.63) is 111 Å². The van der Waals surface area contributed by atoms with Gasteiger partial charge in [-0.1, -0.05) is 71.7 Å². The van der Waals surface area contributed by atoms with Crippen LogP contribution in [0.15, 0.2) is 79.0 Å². The second-order valence-electron chi connectivity index (χ2n) is 9.89. The van der Waals surface area contributed by atoms with Gasteiger partial charge in [0.2, 0.25) is 0 Å². The molecular formula is C30H30Cl2N4O4. The number of aliphatic hydroxyl groups is 2. The molecule has 0 aliphatic carbocycles. The van der Waals surface area contributed by atoms with Crippen LogP contribution in [0.3, 0.4) is 0 Å². The molecule has 8 nitrogen and oxygen atoms in total. The van der Waals surface area contributed by atoms with E-state index in [-0.39, 0.29) is 6.54 Å². The van der Waals surface area contributed by atoms with E-state index in [0.29, 0.717) is 16.5 Å². The van der Waals surface area contributed by atoms with Gasteiger partial charge in [0.25, 0.3) is 11.8 Å². The fourth-order valence-electron chi connectivity index (χ4n) is 5.14. The quantitative estimate of drug-likeness (QED) is 0.338. The number of benzene rings is 3. The summed E-state index contributed by atoms with van der Waals surface area (Å²) >= 11 is 12.6. The molecule has 5 rings (SSSR count). The van der Waals surface area contributed by atoms with E-state index in [1.54, 1.807) is 19.1 Å². The molecule has 2 amide bonds. The molecule has 208 valence electrons. The van der Waals surface area contributed by atoms with Gasteiger partial charge < -0.3 is 20.4 Å². The smallest absolute Gasteiger partial charge is 0.255 e. The normalized spacial score (nSPS) is 18.7. The molecule has 3 aromatic carbocycles. The molecule has 2 heterocycles. The summed E-state index contributed by atoms with van der Waals surface area (Å²) in [5.41, 5.74) is 7.46. The summed E-state index contributed by atoms with van der Waals surface area (Å²) < 4.78 is 0. The van der Waals surface area contributed by atoms with Crippen LogP contribution in [0.25, 0.3) is 0 Å². The van der Waals surface area contributed by atoms with Crippen LogP contribution in [-0.4, -0.2) is 52.2 Å². The number of fused-ring (bicyclic) bond motifs is 1. The molecule has 3 aromatic rings. The molecule has 0 saturated heterocycles. The van der Waals surface area contributed by atoms with Crippen LogP contribution >= 0.6 is 23.2 Å². The average molecular weight is 582 g/mol. The Morgan fingerprint density at radius 2 is 1.70 bits per heavy atom. The summed E-state index contributed by atoms with van der Waals surface area (Å²) in [6, 6.07) is 19.4. The topological polar surface area (TPSA) is 105 Å². The second kappa shape index (κ2) is 12.0. The lowest BCUT2D eigenvalue weighted by molar-refractivity contribution is -0.155. The first kappa shape index (κ1) is 28.1. The average Bonchev–Trinajstić information content (AvgIpc) is 3.52. The first-order valence-electron chi connectivity index (χ1n) is 13.0. The van der Waals surface area contributed by atoms with Crippen LogP contribution in [0.5, 0.6) is 0 Å². The molecule has 4 N–H and O–H groups in total. The van der Waals surface area contributed by atoms with Crippen molar-refractivity contribution in [2.75, 3.05) is 18.1 Å². The van der Waals surface area contributed by atoms with Gasteiger partial charge >= 0.3 is 0 Å². The number of hydrogen-bond acceptors (Lipinski definition) is 6. The maximum atomic E-state index is 13.6. The zero-order valence-corrected chi connectivity index (χ0v) is 23.3. The Labute approximate surface area is 242 Å². The highest BCUT2D eigenvalue weighted by atomic mass is 35.5. The third-order valence-corrected chi connectivity index (χ3v) is 8.02. The largest absolute Gasteiger partial charge is 0.380 e. The summed E-state index contributed by atoms with van der Waals surface area (Å²) in [5.74, 6) is -1.60. The number of halogens is 2. The standard InChI is InChI=1S/C30H30Cl2N4O4/c1-18(19-8-10-22(11-9-19)36-14-5-13-33-36)34-29(39)27(37)28(38)30(40)35-15-12-21-16-24(31)25(32)17-23(21)26(35)20-6-3-2-4-7-20/h2-11,14,16-18,26-28,33,37-38H,12-13,15H2,1H3,(H,34,39)/t18-,26?,27-,28-/m1/s1. The third-order valence-electron chi connectivity index (χ3n) is 7.29. The summed E-state index contributed by atoms with van der Waals surface area (Å²) in [6.07, 6.45) is 0.492. The van der Waals surface area contributed by atoms with E-state index >= 15 is 0 Å². The van der Waals surface area contributed by atoms with Gasteiger partial charge in [0.1, 0.15) is 0 Å². The summed E-state index contributed by atoms with van der Waals surface area (Å²) in [6.45, 7) is 2.79. The maximum Gasteiger partial charge on any atom is 0.255 e. The third kappa shape index (κ3) is 5.73. The van der Waals surface area contributed by atoms with Gasteiger partial charge in [-0.2, -0.15) is 0 Å². The number of anilines is 1. The van der Waals surface area contributed by atoms with Crippen molar-refractivity contribution in [3.8, 4) is 0 Å². The fourth-order valence-corrected chi connectivity index (χ4v) is 5.50. The number of nitrogens with zero attached hydrogens (tertiary/aromatic N) is 2. The van der Waals surface area contributed by atoms with Crippen molar-refractivity contribution in [2.45, 2.75) is 37.6 Å². The Morgan fingerprint density at radius 3 is 2.38 bits per heavy atom. The highest BCUT2D eigenvalue weighted by Gasteiger charge is 2.39. The fraction of sp³-hybridized carbons (Fsp3) is 0.267. The number of hydrogen-bond donors (Lipinski definition) is 4. The zero-order valence-electron chi connectivity index (χ0n) is 21.8. The van der Waals surface area contributed by atoms with Crippen LogP contribution in [0.4, 0.5) is 5.69 Å². The first-order chi connectivity index (χ1) is 19.2. The van der Waals surface area contributed by atoms with Gasteiger partial charge in [-0.25, -0.2) is 5.43 Å². The molecule has 0 fully saturated rings. The molecule has 0 bridgehead atoms. The van der Waals surface area contributed by atoms with E-state index in [9.17, 15) is 19.8 Å². The lowest BCUT2D eigenvalue weighted by Gasteiger charge is -2.39. The highest BCUT2D eigenvalue weighted by molar-refractivity contribution is 6.42. The van der Waals surface area contributed by atoms with Crippen LogP contribution in [0.2, 0.25) is 10.0 Å². The highest BCUT2D eigenvalue weighted by Crippen LogP contribution is 2.39. The Bertz CT molecular complexity index is 1420. The number of amides is 2. The van der Waals surface area contributed by atoms with Gasteiger partial charge in [-0.15, -0.1) is 0 Å². The number of carbonyl (C=O) groups excluding carboxylic acids is 2. The molecule has 1 unspecified atom stereocenters.